The summed E-state index contributed by atoms with van der Waals surface area (Å²) < 4.78 is 31.7. The molecule has 3 aliphatic rings. The van der Waals surface area contributed by atoms with E-state index < -0.39 is 12.1 Å². The number of rotatable bonds is 7. The number of alkyl halides is 3. The van der Waals surface area contributed by atoms with Crippen LogP contribution in [0.2, 0.25) is 10.0 Å². The quantitative estimate of drug-likeness (QED) is 0.366. The molecule has 1 aliphatic carbocycles. The van der Waals surface area contributed by atoms with Crippen molar-refractivity contribution in [2.45, 2.75) is 51.2 Å². The highest BCUT2D eigenvalue weighted by atomic mass is 35.5. The molecule has 2 aromatic carbocycles. The molecule has 3 fully saturated rings. The number of carboxylic acid groups (broad SMARTS) is 1. The number of hydrogen-bond donors (Lipinski definition) is 2. The van der Waals surface area contributed by atoms with Crippen LogP contribution in [0.25, 0.3) is 0 Å². The number of likely N-dealkylation sites (tertiary alicyclic amines) is 2. The monoisotopic (exact) mass is 641 g/mol. The van der Waals surface area contributed by atoms with Gasteiger partial charge in [-0.05, 0) is 61.3 Å². The molecule has 1 saturated carbocycles. The van der Waals surface area contributed by atoms with Gasteiger partial charge < -0.3 is 15.3 Å². The number of hydrogen-bond acceptors (Lipinski definition) is 4. The Labute approximate surface area is 259 Å². The summed E-state index contributed by atoms with van der Waals surface area (Å²) in [7, 11) is 0. The lowest BCUT2D eigenvalue weighted by Gasteiger charge is -2.30. The van der Waals surface area contributed by atoms with E-state index in [-0.39, 0.29) is 23.8 Å². The van der Waals surface area contributed by atoms with E-state index >= 15 is 0 Å². The highest BCUT2D eigenvalue weighted by Crippen LogP contribution is 2.39. The van der Waals surface area contributed by atoms with Crippen LogP contribution in [0, 0.1) is 24.7 Å². The van der Waals surface area contributed by atoms with Crippen molar-refractivity contribution in [2.24, 2.45) is 17.8 Å². The van der Waals surface area contributed by atoms with Gasteiger partial charge in [0, 0.05) is 44.7 Å². The first-order chi connectivity index (χ1) is 20.3. The van der Waals surface area contributed by atoms with Crippen molar-refractivity contribution >= 4 is 41.0 Å². The number of halogens is 5. The van der Waals surface area contributed by atoms with E-state index in [0.29, 0.717) is 34.0 Å². The zero-order chi connectivity index (χ0) is 31.3. The van der Waals surface area contributed by atoms with Crippen molar-refractivity contribution in [3.8, 4) is 0 Å². The van der Waals surface area contributed by atoms with Gasteiger partial charge in [0.05, 0.1) is 15.6 Å². The number of fused-ring (bicyclic) bond motifs is 1. The summed E-state index contributed by atoms with van der Waals surface area (Å²) in [5.41, 5.74) is 2.65. The Kier molecular flexibility index (Phi) is 11.0. The van der Waals surface area contributed by atoms with E-state index in [4.69, 9.17) is 33.1 Å². The molecule has 2 aliphatic heterocycles. The molecule has 2 heterocycles. The molecule has 7 nitrogen and oxygen atoms in total. The molecule has 5 rings (SSSR count). The number of carboxylic acids is 1. The Morgan fingerprint density at radius 2 is 1.51 bits per heavy atom. The fourth-order valence-electron chi connectivity index (χ4n) is 6.41. The lowest BCUT2D eigenvalue weighted by atomic mass is 10.0. The molecule has 43 heavy (non-hydrogen) atoms. The lowest BCUT2D eigenvalue weighted by molar-refractivity contribution is -0.192. The number of nitrogens with zero attached hydrogens (tertiary/aromatic N) is 2. The van der Waals surface area contributed by atoms with Crippen molar-refractivity contribution in [3.63, 3.8) is 0 Å². The van der Waals surface area contributed by atoms with E-state index in [2.05, 4.69) is 34.5 Å². The Morgan fingerprint density at radius 1 is 0.977 bits per heavy atom. The summed E-state index contributed by atoms with van der Waals surface area (Å²) in [5, 5.41) is 11.2. The zero-order valence-corrected chi connectivity index (χ0v) is 25.4. The Balaban J connectivity index is 0.000000541. The number of aliphatic carboxylic acids is 1. The first kappa shape index (κ1) is 33.1. The van der Waals surface area contributed by atoms with Crippen LogP contribution < -0.4 is 5.32 Å². The smallest absolute Gasteiger partial charge is 0.475 e. The molecule has 0 bridgehead atoms. The molecule has 3 atom stereocenters. The van der Waals surface area contributed by atoms with Crippen LogP contribution in [0.15, 0.2) is 42.5 Å². The second-order valence-corrected chi connectivity index (χ2v) is 12.4. The summed E-state index contributed by atoms with van der Waals surface area (Å²) in [6, 6.07) is 14.5. The van der Waals surface area contributed by atoms with Crippen molar-refractivity contribution in [3.05, 3.63) is 69.2 Å². The first-order valence-electron chi connectivity index (χ1n) is 14.5. The number of carbonyl (C=O) groups is 3. The van der Waals surface area contributed by atoms with Crippen molar-refractivity contribution in [1.82, 2.24) is 15.1 Å². The third kappa shape index (κ3) is 8.42. The molecule has 2 unspecified atom stereocenters. The highest BCUT2D eigenvalue weighted by Gasteiger charge is 2.44. The Hall–Kier alpha value is -2.82. The maximum absolute atomic E-state index is 13.3. The second kappa shape index (κ2) is 14.3. The zero-order valence-electron chi connectivity index (χ0n) is 23.9. The van der Waals surface area contributed by atoms with E-state index in [0.717, 1.165) is 51.0 Å². The fourth-order valence-corrected chi connectivity index (χ4v) is 7.17. The largest absolute Gasteiger partial charge is 0.490 e. The number of amides is 2. The van der Waals surface area contributed by atoms with Gasteiger partial charge in [-0.3, -0.25) is 14.5 Å². The van der Waals surface area contributed by atoms with Gasteiger partial charge in [0.2, 0.25) is 5.91 Å². The third-order valence-corrected chi connectivity index (χ3v) is 9.11. The molecule has 2 saturated heterocycles. The van der Waals surface area contributed by atoms with Gasteiger partial charge in [-0.1, -0.05) is 66.4 Å². The van der Waals surface area contributed by atoms with Gasteiger partial charge in [0.1, 0.15) is 0 Å². The number of nitrogens with one attached hydrogen (secondary N) is 1. The molecule has 0 spiro atoms. The lowest BCUT2D eigenvalue weighted by Crippen LogP contribution is -2.37. The number of benzene rings is 2. The topological polar surface area (TPSA) is 90.0 Å². The molecular formula is C31H36Cl2F3N3O4. The van der Waals surface area contributed by atoms with Gasteiger partial charge in [-0.25, -0.2) is 4.79 Å². The van der Waals surface area contributed by atoms with Gasteiger partial charge in [0.15, 0.2) is 0 Å². The summed E-state index contributed by atoms with van der Waals surface area (Å²) in [6.07, 6.45) is 0.195. The minimum absolute atomic E-state index is 0.0693. The Morgan fingerprint density at radius 3 is 2.02 bits per heavy atom. The minimum atomic E-state index is -5.08. The molecule has 2 aromatic rings. The molecule has 2 amide bonds. The highest BCUT2D eigenvalue weighted by molar-refractivity contribution is 6.39. The van der Waals surface area contributed by atoms with Crippen LogP contribution in [0.4, 0.5) is 13.2 Å². The van der Waals surface area contributed by atoms with E-state index in [1.165, 1.54) is 18.4 Å². The fraction of sp³-hybridized carbons (Fsp3) is 0.516. The molecule has 0 aromatic heterocycles. The minimum Gasteiger partial charge on any atom is -0.475 e. The van der Waals surface area contributed by atoms with Crippen LogP contribution in [0.3, 0.4) is 0 Å². The predicted octanol–water partition coefficient (Wildman–Crippen LogP) is 6.38. The number of carbonyl (C=O) groups excluding carboxylic acids is 2. The molecule has 234 valence electrons. The standard InChI is InChI=1S/C29H35Cl2N3O2.C2HF3O2/c1-19-13-24(30)27(25(31)14-19)29(36)34-17-22-15-33(16-23(22)18-34)26(20-7-3-2-4-8-20)11-12-32-28(35)21-9-5-6-10-21;3-2(4,5)1(6)7/h2-4,7-8,13-14,21-23,26H,5-6,9-12,15-18H2,1H3,(H,32,35);(H,6,7)/t22?,23?,26-;/m0./s1. The van der Waals surface area contributed by atoms with Crippen molar-refractivity contribution < 1.29 is 32.7 Å². The maximum Gasteiger partial charge on any atom is 0.490 e. The van der Waals surface area contributed by atoms with Gasteiger partial charge >= 0.3 is 12.1 Å². The van der Waals surface area contributed by atoms with Gasteiger partial charge in [-0.15, -0.1) is 0 Å². The molecule has 0 radical (unpaired) electrons. The average Bonchev–Trinajstić information content (AvgIpc) is 3.68. The van der Waals surface area contributed by atoms with Gasteiger partial charge in [-0.2, -0.15) is 13.2 Å². The normalized spacial score (nSPS) is 21.2. The molecule has 2 N–H and O–H groups in total. The van der Waals surface area contributed by atoms with Crippen molar-refractivity contribution in [2.75, 3.05) is 32.7 Å². The first-order valence-corrected chi connectivity index (χ1v) is 15.2. The molecular weight excluding hydrogens is 606 g/mol. The van der Waals surface area contributed by atoms with E-state index in [1.807, 2.05) is 17.9 Å². The van der Waals surface area contributed by atoms with Crippen LogP contribution >= 0.6 is 23.2 Å². The summed E-state index contributed by atoms with van der Waals surface area (Å²) in [6.45, 7) is 5.95. The van der Waals surface area contributed by atoms with E-state index in [9.17, 15) is 22.8 Å². The van der Waals surface area contributed by atoms with Crippen LogP contribution in [0.5, 0.6) is 0 Å². The summed E-state index contributed by atoms with van der Waals surface area (Å²) in [4.78, 5) is 39.2. The summed E-state index contributed by atoms with van der Waals surface area (Å²) in [5.74, 6) is -1.55. The molecule has 12 heteroatoms. The van der Waals surface area contributed by atoms with Crippen LogP contribution in [-0.4, -0.2) is 71.6 Å². The maximum atomic E-state index is 13.3. The van der Waals surface area contributed by atoms with Crippen LogP contribution in [0.1, 0.15) is 59.6 Å². The summed E-state index contributed by atoms with van der Waals surface area (Å²) >= 11 is 12.8. The second-order valence-electron chi connectivity index (χ2n) is 11.6. The SMILES string of the molecule is Cc1cc(Cl)c(C(=O)N2CC3CN([C@@H](CCNC(=O)C4CCCC4)c4ccccc4)CC3C2)c(Cl)c1.O=C(O)C(F)(F)F. The van der Waals surface area contributed by atoms with E-state index in [1.54, 1.807) is 12.1 Å². The predicted molar refractivity (Wildman–Crippen MR) is 158 cm³/mol. The third-order valence-electron chi connectivity index (χ3n) is 8.51. The average molecular weight is 643 g/mol. The van der Waals surface area contributed by atoms with Crippen molar-refractivity contribution in [1.29, 1.82) is 0 Å². The van der Waals surface area contributed by atoms with Crippen LogP contribution in [-0.2, 0) is 9.59 Å². The Bertz CT molecular complexity index is 1270. The van der Waals surface area contributed by atoms with Gasteiger partial charge in [0.25, 0.3) is 5.91 Å². The number of aryl methyl sites for hydroxylation is 1.